The van der Waals surface area contributed by atoms with Crippen LogP contribution in [0.3, 0.4) is 0 Å². The summed E-state index contributed by atoms with van der Waals surface area (Å²) in [4.78, 5) is 24.7. The lowest BCUT2D eigenvalue weighted by atomic mass is 9.78. The van der Waals surface area contributed by atoms with Crippen molar-refractivity contribution < 1.29 is 19.1 Å². The average molecular weight is 376 g/mol. The largest absolute Gasteiger partial charge is 0.449 e. The molecule has 0 spiro atoms. The van der Waals surface area contributed by atoms with Gasteiger partial charge in [-0.25, -0.2) is 4.79 Å². The van der Waals surface area contributed by atoms with Crippen molar-refractivity contribution in [1.82, 2.24) is 5.32 Å². The topological polar surface area (TPSA) is 64.6 Å². The Kier molecular flexibility index (Phi) is 7.84. The van der Waals surface area contributed by atoms with Crippen molar-refractivity contribution in [3.8, 4) is 0 Å². The van der Waals surface area contributed by atoms with Gasteiger partial charge in [0.1, 0.15) is 0 Å². The summed E-state index contributed by atoms with van der Waals surface area (Å²) in [5.41, 5.74) is 1.43. The van der Waals surface area contributed by atoms with E-state index in [9.17, 15) is 9.59 Å². The Bertz CT molecular complexity index is 626. The first-order chi connectivity index (χ1) is 12.8. The van der Waals surface area contributed by atoms with Gasteiger partial charge in [0.05, 0.1) is 18.3 Å². The van der Waals surface area contributed by atoms with Gasteiger partial charge in [-0.15, -0.1) is 0 Å². The van der Waals surface area contributed by atoms with Crippen LogP contribution in [0.25, 0.3) is 0 Å². The van der Waals surface area contributed by atoms with Crippen LogP contribution in [-0.4, -0.2) is 30.1 Å². The van der Waals surface area contributed by atoms with Crippen LogP contribution in [0.15, 0.2) is 24.3 Å². The van der Waals surface area contributed by atoms with Crippen LogP contribution in [0.1, 0.15) is 69.8 Å². The van der Waals surface area contributed by atoms with Crippen molar-refractivity contribution in [3.63, 3.8) is 0 Å². The number of amides is 1. The van der Waals surface area contributed by atoms with E-state index in [1.165, 1.54) is 6.42 Å². The molecule has 0 heterocycles. The zero-order valence-corrected chi connectivity index (χ0v) is 17.2. The molecule has 1 aliphatic rings. The number of nitrogens with one attached hydrogen (secondary N) is 1. The predicted octanol–water partition coefficient (Wildman–Crippen LogP) is 4.10. The molecule has 0 unspecified atom stereocenters. The van der Waals surface area contributed by atoms with E-state index in [1.54, 1.807) is 19.1 Å². The maximum absolute atomic E-state index is 12.4. The first kappa shape index (κ1) is 21.4. The molecule has 150 valence electrons. The number of esters is 1. The maximum atomic E-state index is 12.4. The first-order valence-corrected chi connectivity index (χ1v) is 9.99. The number of hydrogen-bond donors (Lipinski definition) is 1. The Balaban J connectivity index is 1.86. The molecule has 0 aromatic heterocycles. The van der Waals surface area contributed by atoms with E-state index in [-0.39, 0.29) is 18.1 Å². The zero-order valence-electron chi connectivity index (χ0n) is 17.2. The van der Waals surface area contributed by atoms with Crippen LogP contribution in [0.2, 0.25) is 0 Å². The monoisotopic (exact) mass is 375 g/mol. The first-order valence-electron chi connectivity index (χ1n) is 9.99. The Morgan fingerprint density at radius 2 is 1.78 bits per heavy atom. The molecule has 27 heavy (non-hydrogen) atoms. The van der Waals surface area contributed by atoms with Gasteiger partial charge in [-0.3, -0.25) is 4.79 Å². The SMILES string of the molecule is CC(C)OCc1ccc(C(=O)O[C@H](C)C(=O)N[C@@H]2CCC[C@@H](C)[C@H]2C)cc1. The average Bonchev–Trinajstić information content (AvgIpc) is 2.64. The Morgan fingerprint density at radius 1 is 1.11 bits per heavy atom. The van der Waals surface area contributed by atoms with E-state index in [0.29, 0.717) is 24.0 Å². The van der Waals surface area contributed by atoms with E-state index in [0.717, 1.165) is 18.4 Å². The van der Waals surface area contributed by atoms with E-state index in [2.05, 4.69) is 19.2 Å². The fourth-order valence-corrected chi connectivity index (χ4v) is 3.37. The van der Waals surface area contributed by atoms with Gasteiger partial charge >= 0.3 is 5.97 Å². The number of hydrogen-bond acceptors (Lipinski definition) is 4. The summed E-state index contributed by atoms with van der Waals surface area (Å²) in [5.74, 6) is 0.321. The highest BCUT2D eigenvalue weighted by Crippen LogP contribution is 2.29. The summed E-state index contributed by atoms with van der Waals surface area (Å²) in [6.07, 6.45) is 2.65. The van der Waals surface area contributed by atoms with Gasteiger partial charge in [0.15, 0.2) is 6.10 Å². The molecule has 0 aliphatic heterocycles. The van der Waals surface area contributed by atoms with Crippen LogP contribution in [-0.2, 0) is 20.9 Å². The van der Waals surface area contributed by atoms with Crippen LogP contribution in [0.4, 0.5) is 0 Å². The van der Waals surface area contributed by atoms with Crippen LogP contribution >= 0.6 is 0 Å². The van der Waals surface area contributed by atoms with Crippen molar-refractivity contribution in [2.45, 2.75) is 78.7 Å². The fourth-order valence-electron chi connectivity index (χ4n) is 3.37. The Morgan fingerprint density at radius 3 is 2.41 bits per heavy atom. The molecule has 1 fully saturated rings. The van der Waals surface area contributed by atoms with E-state index < -0.39 is 12.1 Å². The highest BCUT2D eigenvalue weighted by molar-refractivity contribution is 5.92. The third-order valence-corrected chi connectivity index (χ3v) is 5.46. The number of carbonyl (C=O) groups is 2. The van der Waals surface area contributed by atoms with Gasteiger partial charge in [-0.05, 0) is 56.7 Å². The number of benzene rings is 1. The molecule has 1 amide bonds. The summed E-state index contributed by atoms with van der Waals surface area (Å²) < 4.78 is 10.9. The van der Waals surface area contributed by atoms with Crippen molar-refractivity contribution >= 4 is 11.9 Å². The second-order valence-electron chi connectivity index (χ2n) is 7.99. The van der Waals surface area contributed by atoms with Gasteiger partial charge < -0.3 is 14.8 Å². The van der Waals surface area contributed by atoms with Crippen molar-refractivity contribution in [3.05, 3.63) is 35.4 Å². The minimum atomic E-state index is -0.814. The van der Waals surface area contributed by atoms with Gasteiger partial charge in [0.25, 0.3) is 5.91 Å². The molecule has 1 aromatic rings. The van der Waals surface area contributed by atoms with Gasteiger partial charge in [0, 0.05) is 6.04 Å². The molecule has 0 saturated heterocycles. The van der Waals surface area contributed by atoms with Crippen molar-refractivity contribution in [2.24, 2.45) is 11.8 Å². The second-order valence-corrected chi connectivity index (χ2v) is 7.99. The molecule has 0 radical (unpaired) electrons. The lowest BCUT2D eigenvalue weighted by Gasteiger charge is -2.35. The zero-order chi connectivity index (χ0) is 20.0. The van der Waals surface area contributed by atoms with Crippen LogP contribution in [0.5, 0.6) is 0 Å². The molecule has 5 heteroatoms. The van der Waals surface area contributed by atoms with Crippen LogP contribution in [0, 0.1) is 11.8 Å². The van der Waals surface area contributed by atoms with Crippen molar-refractivity contribution in [1.29, 1.82) is 0 Å². The molecule has 0 bridgehead atoms. The summed E-state index contributed by atoms with van der Waals surface area (Å²) >= 11 is 0. The van der Waals surface area contributed by atoms with Crippen molar-refractivity contribution in [2.75, 3.05) is 0 Å². The number of ether oxygens (including phenoxy) is 2. The standard InChI is InChI=1S/C22H33NO4/c1-14(2)26-13-18-9-11-19(12-10-18)22(25)27-17(5)21(24)23-20-8-6-7-15(3)16(20)4/h9-12,14-17,20H,6-8,13H2,1-5H3,(H,23,24)/t15-,16-,17-,20-/m1/s1. The van der Waals surface area contributed by atoms with Gasteiger partial charge in [0.2, 0.25) is 0 Å². The molecule has 5 nitrogen and oxygen atoms in total. The lowest BCUT2D eigenvalue weighted by molar-refractivity contribution is -0.130. The molecule has 1 N–H and O–H groups in total. The third-order valence-electron chi connectivity index (χ3n) is 5.46. The molecule has 1 aliphatic carbocycles. The van der Waals surface area contributed by atoms with Gasteiger partial charge in [-0.2, -0.15) is 0 Å². The maximum Gasteiger partial charge on any atom is 0.338 e. The summed E-state index contributed by atoms with van der Waals surface area (Å²) in [5, 5.41) is 3.06. The van der Waals surface area contributed by atoms with Crippen LogP contribution < -0.4 is 5.32 Å². The quantitative estimate of drug-likeness (QED) is 0.729. The van der Waals surface area contributed by atoms with E-state index >= 15 is 0 Å². The molecule has 1 aromatic carbocycles. The second kappa shape index (κ2) is 9.88. The minimum Gasteiger partial charge on any atom is -0.449 e. The minimum absolute atomic E-state index is 0.155. The molecular weight excluding hydrogens is 342 g/mol. The predicted molar refractivity (Wildman–Crippen MR) is 105 cm³/mol. The molecule has 1 saturated carbocycles. The molecule has 2 rings (SSSR count). The third kappa shape index (κ3) is 6.35. The summed E-state index contributed by atoms with van der Waals surface area (Å²) in [6, 6.07) is 7.25. The summed E-state index contributed by atoms with van der Waals surface area (Å²) in [6.45, 7) is 10.5. The van der Waals surface area contributed by atoms with Gasteiger partial charge in [-0.1, -0.05) is 38.8 Å². The number of rotatable bonds is 7. The highest BCUT2D eigenvalue weighted by Gasteiger charge is 2.30. The highest BCUT2D eigenvalue weighted by atomic mass is 16.5. The van der Waals surface area contributed by atoms with E-state index in [1.807, 2.05) is 26.0 Å². The fraction of sp³-hybridized carbons (Fsp3) is 0.636. The summed E-state index contributed by atoms with van der Waals surface area (Å²) in [7, 11) is 0. The lowest BCUT2D eigenvalue weighted by Crippen LogP contribution is -2.47. The normalized spacial score (nSPS) is 23.7. The Hall–Kier alpha value is -1.88. The molecule has 4 atom stereocenters. The smallest absolute Gasteiger partial charge is 0.338 e. The Labute approximate surface area is 162 Å². The number of carbonyl (C=O) groups excluding carboxylic acids is 2. The molecular formula is C22H33NO4. The van der Waals surface area contributed by atoms with E-state index in [4.69, 9.17) is 9.47 Å².